The fourth-order valence-corrected chi connectivity index (χ4v) is 2.37. The van der Waals surface area contributed by atoms with Gasteiger partial charge in [0, 0.05) is 16.9 Å². The topological polar surface area (TPSA) is 66.9 Å². The van der Waals surface area contributed by atoms with E-state index in [1.165, 1.54) is 11.5 Å². The molecule has 88 valence electrons. The van der Waals surface area contributed by atoms with E-state index in [-0.39, 0.29) is 11.3 Å². The van der Waals surface area contributed by atoms with Crippen LogP contribution in [0.2, 0.25) is 0 Å². The SMILES string of the molecule is Cc1nsc(NC(=O)C2(C)CCNCC2)n1. The summed E-state index contributed by atoms with van der Waals surface area (Å²) in [5, 5.41) is 6.71. The zero-order valence-electron chi connectivity index (χ0n) is 9.54. The van der Waals surface area contributed by atoms with Crippen LogP contribution in [-0.4, -0.2) is 28.4 Å². The molecule has 1 aliphatic heterocycles. The van der Waals surface area contributed by atoms with Crippen molar-refractivity contribution in [1.82, 2.24) is 14.7 Å². The first kappa shape index (κ1) is 11.5. The second-order valence-electron chi connectivity index (χ2n) is 4.41. The molecule has 16 heavy (non-hydrogen) atoms. The monoisotopic (exact) mass is 240 g/mol. The number of rotatable bonds is 2. The van der Waals surface area contributed by atoms with E-state index in [1.807, 2.05) is 13.8 Å². The number of aryl methyl sites for hydroxylation is 1. The van der Waals surface area contributed by atoms with Crippen LogP contribution in [0, 0.1) is 12.3 Å². The van der Waals surface area contributed by atoms with Gasteiger partial charge in [-0.3, -0.25) is 4.79 Å². The molecule has 0 aliphatic carbocycles. The molecule has 1 fully saturated rings. The summed E-state index contributed by atoms with van der Waals surface area (Å²) >= 11 is 1.23. The summed E-state index contributed by atoms with van der Waals surface area (Å²) in [6, 6.07) is 0. The fraction of sp³-hybridized carbons (Fsp3) is 0.700. The molecule has 2 rings (SSSR count). The van der Waals surface area contributed by atoms with Crippen molar-refractivity contribution in [2.75, 3.05) is 18.4 Å². The van der Waals surface area contributed by atoms with Gasteiger partial charge in [0.15, 0.2) is 0 Å². The summed E-state index contributed by atoms with van der Waals surface area (Å²) in [4.78, 5) is 16.2. The van der Waals surface area contributed by atoms with Gasteiger partial charge in [-0.1, -0.05) is 6.92 Å². The van der Waals surface area contributed by atoms with Crippen LogP contribution in [0.4, 0.5) is 5.13 Å². The molecule has 0 spiro atoms. The molecule has 0 bridgehead atoms. The lowest BCUT2D eigenvalue weighted by molar-refractivity contribution is -0.126. The van der Waals surface area contributed by atoms with E-state index in [1.54, 1.807) is 0 Å². The number of nitrogens with zero attached hydrogens (tertiary/aromatic N) is 2. The zero-order chi connectivity index (χ0) is 11.6. The van der Waals surface area contributed by atoms with Gasteiger partial charge in [-0.05, 0) is 32.9 Å². The lowest BCUT2D eigenvalue weighted by atomic mass is 9.80. The maximum absolute atomic E-state index is 12.1. The Kier molecular flexibility index (Phi) is 3.20. The van der Waals surface area contributed by atoms with Crippen molar-refractivity contribution in [3.05, 3.63) is 5.82 Å². The molecule has 0 radical (unpaired) electrons. The van der Waals surface area contributed by atoms with Crippen molar-refractivity contribution < 1.29 is 4.79 Å². The average molecular weight is 240 g/mol. The minimum atomic E-state index is -0.273. The van der Waals surface area contributed by atoms with Crippen LogP contribution in [0.3, 0.4) is 0 Å². The van der Waals surface area contributed by atoms with Gasteiger partial charge < -0.3 is 10.6 Å². The van der Waals surface area contributed by atoms with Crippen LogP contribution in [0.15, 0.2) is 0 Å². The van der Waals surface area contributed by atoms with Crippen LogP contribution < -0.4 is 10.6 Å². The molecular weight excluding hydrogens is 224 g/mol. The van der Waals surface area contributed by atoms with Gasteiger partial charge in [0.1, 0.15) is 5.82 Å². The molecular formula is C10H16N4OS. The predicted molar refractivity (Wildman–Crippen MR) is 63.5 cm³/mol. The number of carbonyl (C=O) groups excluding carboxylic acids is 1. The third-order valence-electron chi connectivity index (χ3n) is 3.00. The normalized spacial score (nSPS) is 19.4. The Morgan fingerprint density at radius 2 is 2.19 bits per heavy atom. The van der Waals surface area contributed by atoms with Crippen LogP contribution in [0.1, 0.15) is 25.6 Å². The Bertz CT molecular complexity index is 384. The highest BCUT2D eigenvalue weighted by Gasteiger charge is 2.34. The second kappa shape index (κ2) is 4.47. The zero-order valence-corrected chi connectivity index (χ0v) is 10.4. The van der Waals surface area contributed by atoms with Crippen LogP contribution in [0.25, 0.3) is 0 Å². The smallest absolute Gasteiger partial charge is 0.232 e. The van der Waals surface area contributed by atoms with Gasteiger partial charge in [0.05, 0.1) is 0 Å². The van der Waals surface area contributed by atoms with Crippen LogP contribution in [0.5, 0.6) is 0 Å². The van der Waals surface area contributed by atoms with Crippen molar-refractivity contribution >= 4 is 22.6 Å². The summed E-state index contributed by atoms with van der Waals surface area (Å²) in [7, 11) is 0. The molecule has 1 saturated heterocycles. The summed E-state index contributed by atoms with van der Waals surface area (Å²) in [5.74, 6) is 0.765. The number of carbonyl (C=O) groups is 1. The van der Waals surface area contributed by atoms with Crippen molar-refractivity contribution in [3.8, 4) is 0 Å². The van der Waals surface area contributed by atoms with Crippen molar-refractivity contribution in [1.29, 1.82) is 0 Å². The number of amides is 1. The molecule has 0 atom stereocenters. The van der Waals surface area contributed by atoms with Gasteiger partial charge in [0.25, 0.3) is 0 Å². The van der Waals surface area contributed by atoms with E-state index in [4.69, 9.17) is 0 Å². The predicted octanol–water partition coefficient (Wildman–Crippen LogP) is 1.17. The molecule has 1 aliphatic rings. The largest absolute Gasteiger partial charge is 0.317 e. The number of hydrogen-bond acceptors (Lipinski definition) is 5. The molecule has 2 N–H and O–H groups in total. The maximum Gasteiger partial charge on any atom is 0.232 e. The molecule has 0 aromatic carbocycles. The summed E-state index contributed by atoms with van der Waals surface area (Å²) in [6.07, 6.45) is 1.74. The van der Waals surface area contributed by atoms with E-state index < -0.39 is 0 Å². The Morgan fingerprint density at radius 1 is 1.50 bits per heavy atom. The first-order valence-electron chi connectivity index (χ1n) is 5.43. The Balaban J connectivity index is 2.01. The Morgan fingerprint density at radius 3 is 2.75 bits per heavy atom. The Labute approximate surface area is 98.8 Å². The highest BCUT2D eigenvalue weighted by molar-refractivity contribution is 7.09. The van der Waals surface area contributed by atoms with Gasteiger partial charge in [0.2, 0.25) is 11.0 Å². The second-order valence-corrected chi connectivity index (χ2v) is 5.16. The highest BCUT2D eigenvalue weighted by Crippen LogP contribution is 2.29. The van der Waals surface area contributed by atoms with Crippen molar-refractivity contribution in [2.24, 2.45) is 5.41 Å². The summed E-state index contributed by atoms with van der Waals surface area (Å²) < 4.78 is 4.04. The summed E-state index contributed by atoms with van der Waals surface area (Å²) in [5.41, 5.74) is -0.273. The van der Waals surface area contributed by atoms with Crippen LogP contribution in [-0.2, 0) is 4.79 Å². The number of nitrogens with one attached hydrogen (secondary N) is 2. The van der Waals surface area contributed by atoms with Crippen molar-refractivity contribution in [2.45, 2.75) is 26.7 Å². The quantitative estimate of drug-likeness (QED) is 0.814. The van der Waals surface area contributed by atoms with Gasteiger partial charge >= 0.3 is 0 Å². The van der Waals surface area contributed by atoms with Crippen molar-refractivity contribution in [3.63, 3.8) is 0 Å². The maximum atomic E-state index is 12.1. The van der Waals surface area contributed by atoms with E-state index >= 15 is 0 Å². The number of anilines is 1. The minimum Gasteiger partial charge on any atom is -0.317 e. The first-order chi connectivity index (χ1) is 7.60. The van der Waals surface area contributed by atoms with E-state index in [0.717, 1.165) is 25.9 Å². The first-order valence-corrected chi connectivity index (χ1v) is 6.20. The van der Waals surface area contributed by atoms with E-state index in [9.17, 15) is 4.79 Å². The average Bonchev–Trinajstić information content (AvgIpc) is 2.65. The molecule has 5 nitrogen and oxygen atoms in total. The third kappa shape index (κ3) is 2.38. The summed E-state index contributed by atoms with van der Waals surface area (Å²) in [6.45, 7) is 5.63. The fourth-order valence-electron chi connectivity index (χ4n) is 1.80. The minimum absolute atomic E-state index is 0.0603. The highest BCUT2D eigenvalue weighted by atomic mass is 32.1. The van der Waals surface area contributed by atoms with Crippen LogP contribution >= 0.6 is 11.5 Å². The molecule has 1 aromatic heterocycles. The molecule has 1 amide bonds. The molecule has 0 saturated carbocycles. The molecule has 6 heteroatoms. The molecule has 2 heterocycles. The molecule has 0 unspecified atom stereocenters. The lowest BCUT2D eigenvalue weighted by Gasteiger charge is -2.31. The standard InChI is InChI=1S/C10H16N4OS/c1-7-12-9(16-14-7)13-8(15)10(2)3-5-11-6-4-10/h11H,3-6H2,1-2H3,(H,12,13,14,15). The number of aromatic nitrogens is 2. The van der Waals surface area contributed by atoms with Gasteiger partial charge in [-0.2, -0.15) is 4.37 Å². The molecule has 1 aromatic rings. The van der Waals surface area contributed by atoms with E-state index in [2.05, 4.69) is 20.0 Å². The number of hydrogen-bond donors (Lipinski definition) is 2. The lowest BCUT2D eigenvalue weighted by Crippen LogP contribution is -2.42. The van der Waals surface area contributed by atoms with E-state index in [0.29, 0.717) is 11.0 Å². The van der Waals surface area contributed by atoms with Gasteiger partial charge in [-0.25, -0.2) is 4.98 Å². The third-order valence-corrected chi connectivity index (χ3v) is 3.73. The van der Waals surface area contributed by atoms with Gasteiger partial charge in [-0.15, -0.1) is 0 Å². The number of piperidine rings is 1. The Hall–Kier alpha value is -1.01.